The molecule has 2 heteroatoms. The van der Waals surface area contributed by atoms with Crippen molar-refractivity contribution >= 4 is 22.5 Å². The highest BCUT2D eigenvalue weighted by Crippen LogP contribution is 2.30. The maximum absolute atomic E-state index is 6.15. The van der Waals surface area contributed by atoms with Crippen LogP contribution in [0.1, 0.15) is 0 Å². The van der Waals surface area contributed by atoms with Gasteiger partial charge in [-0.05, 0) is 23.8 Å². The summed E-state index contributed by atoms with van der Waals surface area (Å²) in [6, 6.07) is 18.0. The highest BCUT2D eigenvalue weighted by molar-refractivity contribution is 6.31. The topological polar surface area (TPSA) is 12.9 Å². The summed E-state index contributed by atoms with van der Waals surface area (Å²) in [5.74, 6) is 0. The van der Waals surface area contributed by atoms with E-state index in [9.17, 15) is 0 Å². The Kier molecular flexibility index (Phi) is 2.54. The molecule has 0 aliphatic carbocycles. The summed E-state index contributed by atoms with van der Waals surface area (Å²) in [7, 11) is 0. The molecular formula is C15H10ClN. The van der Waals surface area contributed by atoms with Gasteiger partial charge in [-0.2, -0.15) is 0 Å². The summed E-state index contributed by atoms with van der Waals surface area (Å²) in [4.78, 5) is 4.44. The summed E-state index contributed by atoms with van der Waals surface area (Å²) in [6.45, 7) is 0. The van der Waals surface area contributed by atoms with Crippen molar-refractivity contribution in [3.05, 3.63) is 65.8 Å². The molecule has 0 radical (unpaired) electrons. The van der Waals surface area contributed by atoms with Crippen molar-refractivity contribution in [2.75, 3.05) is 0 Å². The molecule has 1 nitrogen and oxygen atoms in total. The van der Waals surface area contributed by atoms with E-state index in [4.69, 9.17) is 11.6 Å². The molecule has 1 aromatic heterocycles. The maximum atomic E-state index is 6.15. The van der Waals surface area contributed by atoms with Gasteiger partial charge in [0.15, 0.2) is 0 Å². The SMILES string of the molecule is Clc1cc(-c2ccccc2)c2ncccc2c1. The molecule has 0 spiro atoms. The van der Waals surface area contributed by atoms with Gasteiger partial charge in [0.1, 0.15) is 0 Å². The van der Waals surface area contributed by atoms with Crippen LogP contribution in [-0.2, 0) is 0 Å². The Hall–Kier alpha value is -1.86. The van der Waals surface area contributed by atoms with Crippen LogP contribution in [0, 0.1) is 0 Å². The first-order chi connectivity index (χ1) is 8.34. The van der Waals surface area contributed by atoms with Crippen molar-refractivity contribution < 1.29 is 0 Å². The molecule has 1 heterocycles. The minimum absolute atomic E-state index is 0.740. The molecule has 3 rings (SSSR count). The Morgan fingerprint density at radius 3 is 2.53 bits per heavy atom. The lowest BCUT2D eigenvalue weighted by atomic mass is 10.0. The van der Waals surface area contributed by atoms with E-state index >= 15 is 0 Å². The summed E-state index contributed by atoms with van der Waals surface area (Å²) >= 11 is 6.15. The zero-order chi connectivity index (χ0) is 11.7. The van der Waals surface area contributed by atoms with Gasteiger partial charge < -0.3 is 0 Å². The predicted molar refractivity (Wildman–Crippen MR) is 72.2 cm³/mol. The Morgan fingerprint density at radius 1 is 0.882 bits per heavy atom. The first-order valence-corrected chi connectivity index (χ1v) is 5.82. The minimum atomic E-state index is 0.740. The monoisotopic (exact) mass is 239 g/mol. The molecule has 3 aromatic rings. The average molecular weight is 240 g/mol. The molecule has 2 aromatic carbocycles. The van der Waals surface area contributed by atoms with Crippen LogP contribution in [0.4, 0.5) is 0 Å². The third kappa shape index (κ3) is 1.90. The number of benzene rings is 2. The maximum Gasteiger partial charge on any atom is 0.0781 e. The molecular weight excluding hydrogens is 230 g/mol. The number of rotatable bonds is 1. The third-order valence-electron chi connectivity index (χ3n) is 2.75. The summed E-state index contributed by atoms with van der Waals surface area (Å²) in [5, 5.41) is 1.81. The second-order valence-electron chi connectivity index (χ2n) is 3.89. The number of halogens is 1. The number of hydrogen-bond donors (Lipinski definition) is 0. The van der Waals surface area contributed by atoms with Gasteiger partial charge in [0, 0.05) is 22.2 Å². The molecule has 0 atom stereocenters. The zero-order valence-corrected chi connectivity index (χ0v) is 9.85. The average Bonchev–Trinajstić information content (AvgIpc) is 2.39. The second-order valence-corrected chi connectivity index (χ2v) is 4.33. The molecule has 82 valence electrons. The van der Waals surface area contributed by atoms with Crippen molar-refractivity contribution in [3.8, 4) is 11.1 Å². The van der Waals surface area contributed by atoms with E-state index < -0.39 is 0 Å². The van der Waals surface area contributed by atoms with E-state index in [0.717, 1.165) is 27.1 Å². The molecule has 0 amide bonds. The normalized spacial score (nSPS) is 10.6. The van der Waals surface area contributed by atoms with Gasteiger partial charge in [0.2, 0.25) is 0 Å². The van der Waals surface area contributed by atoms with Crippen LogP contribution in [0.15, 0.2) is 60.8 Å². The van der Waals surface area contributed by atoms with Crippen LogP contribution in [0.3, 0.4) is 0 Å². The van der Waals surface area contributed by atoms with Gasteiger partial charge in [-0.25, -0.2) is 0 Å². The largest absolute Gasteiger partial charge is 0.256 e. The summed E-state index contributed by atoms with van der Waals surface area (Å²) < 4.78 is 0. The molecule has 0 fully saturated rings. The zero-order valence-electron chi connectivity index (χ0n) is 9.10. The first kappa shape index (κ1) is 10.3. The van der Waals surface area contributed by atoms with Crippen LogP contribution in [0.25, 0.3) is 22.0 Å². The number of fused-ring (bicyclic) bond motifs is 1. The van der Waals surface area contributed by atoms with Crippen LogP contribution in [-0.4, -0.2) is 4.98 Å². The lowest BCUT2D eigenvalue weighted by Crippen LogP contribution is -1.84. The van der Waals surface area contributed by atoms with Gasteiger partial charge in [-0.15, -0.1) is 0 Å². The quantitative estimate of drug-likeness (QED) is 0.607. The van der Waals surface area contributed by atoms with Crippen molar-refractivity contribution in [1.82, 2.24) is 4.98 Å². The van der Waals surface area contributed by atoms with Gasteiger partial charge in [0.05, 0.1) is 5.52 Å². The van der Waals surface area contributed by atoms with Gasteiger partial charge >= 0.3 is 0 Å². The highest BCUT2D eigenvalue weighted by atomic mass is 35.5. The molecule has 0 saturated heterocycles. The van der Waals surface area contributed by atoms with Crippen molar-refractivity contribution in [2.45, 2.75) is 0 Å². The van der Waals surface area contributed by atoms with E-state index in [1.54, 1.807) is 0 Å². The van der Waals surface area contributed by atoms with Crippen molar-refractivity contribution in [1.29, 1.82) is 0 Å². The molecule has 0 saturated carbocycles. The van der Waals surface area contributed by atoms with Gasteiger partial charge in [-0.3, -0.25) is 4.98 Å². The Balaban J connectivity index is 2.36. The van der Waals surface area contributed by atoms with Crippen LogP contribution in [0.5, 0.6) is 0 Å². The number of aromatic nitrogens is 1. The summed E-state index contributed by atoms with van der Waals surface area (Å²) in [6.07, 6.45) is 1.81. The van der Waals surface area contributed by atoms with Crippen LogP contribution >= 0.6 is 11.6 Å². The lowest BCUT2D eigenvalue weighted by molar-refractivity contribution is 1.41. The smallest absolute Gasteiger partial charge is 0.0781 e. The standard InChI is InChI=1S/C15H10ClN/c16-13-9-12-7-4-8-17-15(12)14(10-13)11-5-2-1-3-6-11/h1-10H. The molecule has 0 N–H and O–H groups in total. The number of pyridine rings is 1. The van der Waals surface area contributed by atoms with Gasteiger partial charge in [0.25, 0.3) is 0 Å². The van der Waals surface area contributed by atoms with E-state index in [1.165, 1.54) is 0 Å². The van der Waals surface area contributed by atoms with E-state index in [1.807, 2.05) is 48.7 Å². The van der Waals surface area contributed by atoms with Crippen molar-refractivity contribution in [2.24, 2.45) is 0 Å². The number of nitrogens with zero attached hydrogens (tertiary/aromatic N) is 1. The Labute approximate surface area is 105 Å². The fraction of sp³-hybridized carbons (Fsp3) is 0. The molecule has 0 unspecified atom stereocenters. The molecule has 0 aliphatic rings. The predicted octanol–water partition coefficient (Wildman–Crippen LogP) is 4.56. The molecule has 0 bridgehead atoms. The van der Waals surface area contributed by atoms with Gasteiger partial charge in [-0.1, -0.05) is 48.0 Å². The van der Waals surface area contributed by atoms with Crippen LogP contribution in [0.2, 0.25) is 5.02 Å². The van der Waals surface area contributed by atoms with E-state index in [-0.39, 0.29) is 0 Å². The van der Waals surface area contributed by atoms with Crippen LogP contribution < -0.4 is 0 Å². The van der Waals surface area contributed by atoms with E-state index in [0.29, 0.717) is 0 Å². The number of hydrogen-bond acceptors (Lipinski definition) is 1. The fourth-order valence-corrected chi connectivity index (χ4v) is 2.22. The van der Waals surface area contributed by atoms with Crippen molar-refractivity contribution in [3.63, 3.8) is 0 Å². The Morgan fingerprint density at radius 2 is 1.71 bits per heavy atom. The first-order valence-electron chi connectivity index (χ1n) is 5.44. The Bertz CT molecular complexity index is 662. The highest BCUT2D eigenvalue weighted by Gasteiger charge is 2.05. The third-order valence-corrected chi connectivity index (χ3v) is 2.97. The molecule has 17 heavy (non-hydrogen) atoms. The fourth-order valence-electron chi connectivity index (χ4n) is 1.99. The minimum Gasteiger partial charge on any atom is -0.256 e. The lowest BCUT2D eigenvalue weighted by Gasteiger charge is -2.06. The summed E-state index contributed by atoms with van der Waals surface area (Å²) in [5.41, 5.74) is 3.20. The molecule has 0 aliphatic heterocycles. The van der Waals surface area contributed by atoms with E-state index in [2.05, 4.69) is 17.1 Å². The second kappa shape index (κ2) is 4.19.